The van der Waals surface area contributed by atoms with Crippen LogP contribution in [0.3, 0.4) is 0 Å². The zero-order valence-corrected chi connectivity index (χ0v) is 15.0. The number of carbonyl (C=O) groups excluding carboxylic acids is 2. The van der Waals surface area contributed by atoms with Gasteiger partial charge in [-0.15, -0.1) is 0 Å². The Labute approximate surface area is 149 Å². The molecule has 0 radical (unpaired) electrons. The topological polar surface area (TPSA) is 131 Å². The van der Waals surface area contributed by atoms with Gasteiger partial charge in [0.15, 0.2) is 0 Å². The van der Waals surface area contributed by atoms with Crippen LogP contribution in [0.4, 0.5) is 16.2 Å². The number of nitrogens with one attached hydrogen (secondary N) is 2. The SMILES string of the molecule is CC(C)(C)OC(=O)NCCSCC(=O)Nc1cc([N+](=O)[O-])ccc1O. The minimum absolute atomic E-state index is 0.0216. The first kappa shape index (κ1) is 20.6. The molecule has 0 heterocycles. The Morgan fingerprint density at radius 2 is 2.04 bits per heavy atom. The molecule has 0 aliphatic rings. The summed E-state index contributed by atoms with van der Waals surface area (Å²) in [7, 11) is 0. The van der Waals surface area contributed by atoms with Gasteiger partial charge < -0.3 is 20.5 Å². The Hall–Kier alpha value is -2.49. The maximum atomic E-state index is 11.8. The second kappa shape index (κ2) is 9.11. The Balaban J connectivity index is 2.33. The van der Waals surface area contributed by atoms with Crippen molar-refractivity contribution in [1.29, 1.82) is 0 Å². The van der Waals surface area contributed by atoms with Gasteiger partial charge in [0.2, 0.25) is 5.91 Å². The van der Waals surface area contributed by atoms with Gasteiger partial charge in [-0.1, -0.05) is 0 Å². The van der Waals surface area contributed by atoms with Crippen LogP contribution in [0.25, 0.3) is 0 Å². The number of nitrogens with zero attached hydrogens (tertiary/aromatic N) is 1. The molecule has 0 saturated carbocycles. The standard InChI is InChI=1S/C15H21N3O6S/c1-15(2,3)24-14(21)16-6-7-25-9-13(20)17-11-8-10(18(22)23)4-5-12(11)19/h4-5,8,19H,6-7,9H2,1-3H3,(H,16,21)(H,17,20). The number of alkyl carbamates (subject to hydrolysis) is 1. The predicted molar refractivity (Wildman–Crippen MR) is 95.0 cm³/mol. The number of phenolic OH excluding ortho intramolecular Hbond substituents is 1. The van der Waals surface area contributed by atoms with Gasteiger partial charge in [-0.3, -0.25) is 14.9 Å². The van der Waals surface area contributed by atoms with Gasteiger partial charge in [-0.05, 0) is 26.8 Å². The van der Waals surface area contributed by atoms with E-state index in [1.807, 2.05) is 0 Å². The van der Waals surface area contributed by atoms with E-state index in [1.54, 1.807) is 20.8 Å². The molecule has 138 valence electrons. The molecule has 3 N–H and O–H groups in total. The molecule has 25 heavy (non-hydrogen) atoms. The summed E-state index contributed by atoms with van der Waals surface area (Å²) in [5, 5.41) is 25.3. The summed E-state index contributed by atoms with van der Waals surface area (Å²) in [5.74, 6) is -0.125. The molecule has 1 aromatic carbocycles. The van der Waals surface area contributed by atoms with E-state index in [4.69, 9.17) is 4.74 Å². The summed E-state index contributed by atoms with van der Waals surface area (Å²) >= 11 is 1.26. The number of phenols is 1. The van der Waals surface area contributed by atoms with Gasteiger partial charge in [0.05, 0.1) is 16.4 Å². The van der Waals surface area contributed by atoms with Crippen LogP contribution in [0.1, 0.15) is 20.8 Å². The van der Waals surface area contributed by atoms with Gasteiger partial charge in [0.25, 0.3) is 5.69 Å². The maximum absolute atomic E-state index is 11.8. The van der Waals surface area contributed by atoms with Gasteiger partial charge in [-0.25, -0.2) is 4.79 Å². The summed E-state index contributed by atoms with van der Waals surface area (Å²) in [6, 6.07) is 3.37. The summed E-state index contributed by atoms with van der Waals surface area (Å²) in [4.78, 5) is 33.3. The van der Waals surface area contributed by atoms with E-state index in [0.717, 1.165) is 18.2 Å². The van der Waals surface area contributed by atoms with Crippen molar-refractivity contribution in [2.75, 3.05) is 23.4 Å². The van der Waals surface area contributed by atoms with Gasteiger partial charge in [0.1, 0.15) is 11.4 Å². The smallest absolute Gasteiger partial charge is 0.407 e. The average molecular weight is 371 g/mol. The summed E-state index contributed by atoms with van der Waals surface area (Å²) in [6.07, 6.45) is -0.529. The van der Waals surface area contributed by atoms with Crippen molar-refractivity contribution in [3.8, 4) is 5.75 Å². The van der Waals surface area contributed by atoms with E-state index in [9.17, 15) is 24.8 Å². The Morgan fingerprint density at radius 1 is 1.36 bits per heavy atom. The zero-order valence-electron chi connectivity index (χ0n) is 14.2. The number of non-ortho nitro benzene ring substituents is 1. The monoisotopic (exact) mass is 371 g/mol. The molecule has 0 aromatic heterocycles. The van der Waals surface area contributed by atoms with Crippen molar-refractivity contribution in [2.45, 2.75) is 26.4 Å². The summed E-state index contributed by atoms with van der Waals surface area (Å²) in [6.45, 7) is 5.61. The van der Waals surface area contributed by atoms with Crippen molar-refractivity contribution < 1.29 is 24.4 Å². The lowest BCUT2D eigenvalue weighted by atomic mass is 10.2. The highest BCUT2D eigenvalue weighted by atomic mass is 32.2. The number of hydrogen-bond acceptors (Lipinski definition) is 7. The van der Waals surface area contributed by atoms with E-state index >= 15 is 0 Å². The van der Waals surface area contributed by atoms with E-state index in [2.05, 4.69) is 10.6 Å². The molecule has 0 spiro atoms. The Bertz CT molecular complexity index is 645. The fourth-order valence-corrected chi connectivity index (χ4v) is 2.28. The number of aromatic hydroxyl groups is 1. The molecular weight excluding hydrogens is 350 g/mol. The number of nitro benzene ring substituents is 1. The van der Waals surface area contributed by atoms with Crippen molar-refractivity contribution in [3.05, 3.63) is 28.3 Å². The normalized spacial score (nSPS) is 10.8. The van der Waals surface area contributed by atoms with Crippen molar-refractivity contribution in [3.63, 3.8) is 0 Å². The highest BCUT2D eigenvalue weighted by molar-refractivity contribution is 7.99. The van der Waals surface area contributed by atoms with Crippen molar-refractivity contribution in [1.82, 2.24) is 5.32 Å². The molecular formula is C15H21N3O6S. The minimum Gasteiger partial charge on any atom is -0.506 e. The minimum atomic E-state index is -0.619. The molecule has 0 saturated heterocycles. The lowest BCUT2D eigenvalue weighted by Crippen LogP contribution is -2.33. The number of anilines is 1. The van der Waals surface area contributed by atoms with Gasteiger partial charge in [0, 0.05) is 24.4 Å². The lowest BCUT2D eigenvalue weighted by Gasteiger charge is -2.19. The Morgan fingerprint density at radius 3 is 2.64 bits per heavy atom. The highest BCUT2D eigenvalue weighted by Gasteiger charge is 2.16. The lowest BCUT2D eigenvalue weighted by molar-refractivity contribution is -0.384. The second-order valence-electron chi connectivity index (χ2n) is 5.99. The molecule has 0 atom stereocenters. The van der Waals surface area contributed by atoms with Crippen LogP contribution in [0.15, 0.2) is 18.2 Å². The second-order valence-corrected chi connectivity index (χ2v) is 7.09. The summed E-state index contributed by atoms with van der Waals surface area (Å²) < 4.78 is 5.07. The van der Waals surface area contributed by atoms with Crippen LogP contribution in [-0.2, 0) is 9.53 Å². The molecule has 0 unspecified atom stereocenters. The van der Waals surface area contributed by atoms with Crippen LogP contribution in [0, 0.1) is 10.1 Å². The number of thioether (sulfide) groups is 1. The van der Waals surface area contributed by atoms with Crippen LogP contribution >= 0.6 is 11.8 Å². The number of hydrogen-bond donors (Lipinski definition) is 3. The zero-order chi connectivity index (χ0) is 19.0. The fourth-order valence-electron chi connectivity index (χ4n) is 1.63. The maximum Gasteiger partial charge on any atom is 0.407 e. The third kappa shape index (κ3) is 8.25. The van der Waals surface area contributed by atoms with E-state index in [0.29, 0.717) is 12.3 Å². The molecule has 2 amide bonds. The largest absolute Gasteiger partial charge is 0.506 e. The van der Waals surface area contributed by atoms with Crippen molar-refractivity contribution in [2.24, 2.45) is 0 Å². The molecule has 0 aliphatic heterocycles. The van der Waals surface area contributed by atoms with Gasteiger partial charge in [-0.2, -0.15) is 11.8 Å². The number of benzene rings is 1. The van der Waals surface area contributed by atoms with Crippen LogP contribution in [0.5, 0.6) is 5.75 Å². The number of amides is 2. The third-order valence-corrected chi connectivity index (χ3v) is 3.57. The molecule has 1 rings (SSSR count). The molecule has 0 aliphatic carbocycles. The first-order chi connectivity index (χ1) is 11.6. The highest BCUT2D eigenvalue weighted by Crippen LogP contribution is 2.27. The van der Waals surface area contributed by atoms with Crippen LogP contribution in [0.2, 0.25) is 0 Å². The quantitative estimate of drug-likeness (QED) is 0.290. The number of rotatable bonds is 7. The number of carbonyl (C=O) groups is 2. The van der Waals surface area contributed by atoms with E-state index < -0.39 is 22.5 Å². The number of nitro groups is 1. The first-order valence-corrected chi connectivity index (χ1v) is 8.56. The molecule has 9 nitrogen and oxygen atoms in total. The molecule has 0 bridgehead atoms. The predicted octanol–water partition coefficient (Wildman–Crippen LogP) is 2.50. The molecule has 0 fully saturated rings. The van der Waals surface area contributed by atoms with Crippen LogP contribution in [-0.4, -0.2) is 45.7 Å². The number of ether oxygens (including phenoxy) is 1. The Kier molecular flexibility index (Phi) is 7.49. The van der Waals surface area contributed by atoms with E-state index in [-0.39, 0.29) is 22.9 Å². The third-order valence-electron chi connectivity index (χ3n) is 2.61. The fraction of sp³-hybridized carbons (Fsp3) is 0.467. The van der Waals surface area contributed by atoms with Gasteiger partial charge >= 0.3 is 6.09 Å². The van der Waals surface area contributed by atoms with Crippen LogP contribution < -0.4 is 10.6 Å². The van der Waals surface area contributed by atoms with E-state index in [1.165, 1.54) is 11.8 Å². The molecule has 10 heteroatoms. The molecule has 1 aromatic rings. The average Bonchev–Trinajstić information content (AvgIpc) is 2.47. The first-order valence-electron chi connectivity index (χ1n) is 7.40. The van der Waals surface area contributed by atoms with Crippen molar-refractivity contribution >= 4 is 35.1 Å². The summed E-state index contributed by atoms with van der Waals surface area (Å²) in [5.41, 5.74) is -0.828.